The summed E-state index contributed by atoms with van der Waals surface area (Å²) in [5.74, 6) is -0.539. The van der Waals surface area contributed by atoms with E-state index in [1.165, 1.54) is 0 Å². The number of carbonyl (C=O) groups excluding carboxylic acids is 1. The summed E-state index contributed by atoms with van der Waals surface area (Å²) in [5.41, 5.74) is 7.19. The Morgan fingerprint density at radius 3 is 2.32 bits per heavy atom. The number of amides is 1. The largest absolute Gasteiger partial charge is 0.482 e. The number of benzene rings is 1. The highest BCUT2D eigenvalue weighted by Gasteiger charge is 2.19. The first-order chi connectivity index (χ1) is 11.7. The quantitative estimate of drug-likeness (QED) is 0.594. The van der Waals surface area contributed by atoms with Crippen molar-refractivity contribution in [2.24, 2.45) is 5.73 Å². The molecule has 1 aromatic rings. The van der Waals surface area contributed by atoms with Crippen molar-refractivity contribution in [1.29, 1.82) is 0 Å². The Hall–Kier alpha value is -2.04. The Morgan fingerprint density at radius 2 is 1.72 bits per heavy atom. The summed E-state index contributed by atoms with van der Waals surface area (Å²) in [6.45, 7) is 5.93. The van der Waals surface area contributed by atoms with Crippen molar-refractivity contribution in [3.8, 4) is 5.75 Å². The molecule has 0 fully saturated rings. The molecule has 3 N–H and O–H groups in total. The summed E-state index contributed by atoms with van der Waals surface area (Å²) >= 11 is 0. The van der Waals surface area contributed by atoms with Crippen LogP contribution in [-0.2, 0) is 21.4 Å². The third kappa shape index (κ3) is 8.57. The molecule has 0 bridgehead atoms. The summed E-state index contributed by atoms with van der Waals surface area (Å²) in [7, 11) is 0. The van der Waals surface area contributed by atoms with Crippen molar-refractivity contribution in [1.82, 2.24) is 0 Å². The molecule has 1 aromatic carbocycles. The van der Waals surface area contributed by atoms with Crippen LogP contribution >= 0.6 is 0 Å². The number of unbranched alkanes of at least 4 members (excludes halogenated alkanes) is 4. The zero-order chi connectivity index (χ0) is 18.9. The van der Waals surface area contributed by atoms with E-state index >= 15 is 0 Å². The van der Waals surface area contributed by atoms with Crippen LogP contribution in [0.2, 0.25) is 0 Å². The number of carboxylic acid groups (broad SMARTS) is 1. The standard InChI is InChI=1S/C20H31NO4/c1-20(2,3)16-12-11-15(13-17(16)25-14-19(23)24)9-7-5-4-6-8-10-18(21)22/h11-13H,4-10,14H2,1-3H3,(H2,21,22)(H,23,24). The van der Waals surface area contributed by atoms with Crippen LogP contribution in [0, 0.1) is 0 Å². The number of nitrogens with two attached hydrogens (primary N) is 1. The predicted octanol–water partition coefficient (Wildman–Crippen LogP) is 3.82. The Balaban J connectivity index is 2.55. The van der Waals surface area contributed by atoms with Crippen molar-refractivity contribution in [2.45, 2.75) is 71.1 Å². The highest BCUT2D eigenvalue weighted by molar-refractivity contribution is 5.73. The number of primary amides is 1. The average molecular weight is 349 g/mol. The second-order valence-electron chi connectivity index (χ2n) is 7.50. The van der Waals surface area contributed by atoms with E-state index in [0.717, 1.165) is 49.7 Å². The number of rotatable bonds is 11. The maximum atomic E-state index is 10.8. The van der Waals surface area contributed by atoms with E-state index in [-0.39, 0.29) is 17.9 Å². The number of hydrogen-bond donors (Lipinski definition) is 2. The molecule has 0 radical (unpaired) electrons. The van der Waals surface area contributed by atoms with Gasteiger partial charge in [0.1, 0.15) is 5.75 Å². The number of aliphatic carboxylic acids is 1. The fraction of sp³-hybridized carbons (Fsp3) is 0.600. The fourth-order valence-electron chi connectivity index (χ4n) is 2.76. The molecule has 0 aliphatic rings. The molecule has 0 aliphatic heterocycles. The van der Waals surface area contributed by atoms with Crippen molar-refractivity contribution in [3.05, 3.63) is 29.3 Å². The third-order valence-corrected chi connectivity index (χ3v) is 4.09. The molecule has 140 valence electrons. The lowest BCUT2D eigenvalue weighted by Gasteiger charge is -2.23. The zero-order valence-corrected chi connectivity index (χ0v) is 15.6. The highest BCUT2D eigenvalue weighted by atomic mass is 16.5. The molecule has 5 heteroatoms. The predicted molar refractivity (Wildman–Crippen MR) is 98.9 cm³/mol. The van der Waals surface area contributed by atoms with Gasteiger partial charge in [0, 0.05) is 6.42 Å². The molecule has 0 spiro atoms. The second-order valence-corrected chi connectivity index (χ2v) is 7.50. The van der Waals surface area contributed by atoms with Crippen LogP contribution < -0.4 is 10.5 Å². The van der Waals surface area contributed by atoms with E-state index in [0.29, 0.717) is 12.2 Å². The first-order valence-corrected chi connectivity index (χ1v) is 8.96. The third-order valence-electron chi connectivity index (χ3n) is 4.09. The first kappa shape index (κ1) is 21.0. The zero-order valence-electron chi connectivity index (χ0n) is 15.6. The maximum Gasteiger partial charge on any atom is 0.341 e. The minimum atomic E-state index is -0.971. The summed E-state index contributed by atoms with van der Waals surface area (Å²) in [5, 5.41) is 8.86. The number of carboxylic acids is 1. The Kier molecular flexibility index (Phi) is 8.46. The van der Waals surface area contributed by atoms with Gasteiger partial charge < -0.3 is 15.6 Å². The van der Waals surface area contributed by atoms with Crippen LogP contribution in [0.5, 0.6) is 5.75 Å². The molecule has 0 aliphatic carbocycles. The van der Waals surface area contributed by atoms with Gasteiger partial charge in [-0.25, -0.2) is 4.79 Å². The van der Waals surface area contributed by atoms with Crippen LogP contribution in [0.15, 0.2) is 18.2 Å². The monoisotopic (exact) mass is 349 g/mol. The van der Waals surface area contributed by atoms with Gasteiger partial charge in [0.2, 0.25) is 5.91 Å². The maximum absolute atomic E-state index is 10.8. The molecule has 1 amide bonds. The molecule has 25 heavy (non-hydrogen) atoms. The number of carbonyl (C=O) groups is 2. The normalized spacial score (nSPS) is 11.3. The van der Waals surface area contributed by atoms with Gasteiger partial charge in [-0.05, 0) is 41.9 Å². The van der Waals surface area contributed by atoms with E-state index in [4.69, 9.17) is 15.6 Å². The topological polar surface area (TPSA) is 89.6 Å². The molecule has 1 rings (SSSR count). The lowest BCUT2D eigenvalue weighted by molar-refractivity contribution is -0.139. The van der Waals surface area contributed by atoms with Crippen LogP contribution in [0.3, 0.4) is 0 Å². The highest BCUT2D eigenvalue weighted by Crippen LogP contribution is 2.32. The SMILES string of the molecule is CC(C)(C)c1ccc(CCCCCCCC(N)=O)cc1OCC(=O)O. The minimum Gasteiger partial charge on any atom is -0.482 e. The van der Waals surface area contributed by atoms with Gasteiger partial charge in [-0.3, -0.25) is 4.79 Å². The Labute approximate surface area is 150 Å². The molecular formula is C20H31NO4. The molecular weight excluding hydrogens is 318 g/mol. The molecule has 0 saturated heterocycles. The molecule has 5 nitrogen and oxygen atoms in total. The van der Waals surface area contributed by atoms with E-state index in [1.54, 1.807) is 0 Å². The second kappa shape index (κ2) is 10.1. The molecule has 0 aromatic heterocycles. The van der Waals surface area contributed by atoms with Crippen LogP contribution in [0.1, 0.15) is 70.4 Å². The van der Waals surface area contributed by atoms with Gasteiger partial charge >= 0.3 is 5.97 Å². The van der Waals surface area contributed by atoms with Crippen LogP contribution in [0.4, 0.5) is 0 Å². The molecule has 0 unspecified atom stereocenters. The summed E-state index contributed by atoms with van der Waals surface area (Å²) < 4.78 is 5.50. The first-order valence-electron chi connectivity index (χ1n) is 8.96. The van der Waals surface area contributed by atoms with Gasteiger partial charge in [-0.2, -0.15) is 0 Å². The summed E-state index contributed by atoms with van der Waals surface area (Å²) in [4.78, 5) is 21.5. The molecule has 0 heterocycles. The van der Waals surface area contributed by atoms with Gasteiger partial charge in [-0.1, -0.05) is 52.2 Å². The van der Waals surface area contributed by atoms with E-state index in [1.807, 2.05) is 12.1 Å². The summed E-state index contributed by atoms with van der Waals surface area (Å²) in [6.07, 6.45) is 6.55. The smallest absolute Gasteiger partial charge is 0.341 e. The average Bonchev–Trinajstić information content (AvgIpc) is 2.50. The van der Waals surface area contributed by atoms with Gasteiger partial charge in [-0.15, -0.1) is 0 Å². The molecule has 0 atom stereocenters. The number of ether oxygens (including phenoxy) is 1. The van der Waals surface area contributed by atoms with Crippen LogP contribution in [-0.4, -0.2) is 23.6 Å². The van der Waals surface area contributed by atoms with E-state index < -0.39 is 5.97 Å². The van der Waals surface area contributed by atoms with Gasteiger partial charge in [0.05, 0.1) is 0 Å². The lowest BCUT2D eigenvalue weighted by Crippen LogP contribution is -2.16. The van der Waals surface area contributed by atoms with Crippen molar-refractivity contribution in [2.75, 3.05) is 6.61 Å². The summed E-state index contributed by atoms with van der Waals surface area (Å²) in [6, 6.07) is 6.11. The Bertz CT molecular complexity index is 576. The number of hydrogen-bond acceptors (Lipinski definition) is 3. The fourth-order valence-corrected chi connectivity index (χ4v) is 2.76. The molecule has 0 saturated carbocycles. The minimum absolute atomic E-state index is 0.104. The van der Waals surface area contributed by atoms with E-state index in [2.05, 4.69) is 26.8 Å². The van der Waals surface area contributed by atoms with Gasteiger partial charge in [0.25, 0.3) is 0 Å². The number of aryl methyl sites for hydroxylation is 1. The van der Waals surface area contributed by atoms with E-state index in [9.17, 15) is 9.59 Å². The Morgan fingerprint density at radius 1 is 1.08 bits per heavy atom. The van der Waals surface area contributed by atoms with Crippen LogP contribution in [0.25, 0.3) is 0 Å². The van der Waals surface area contributed by atoms with Crippen molar-refractivity contribution in [3.63, 3.8) is 0 Å². The van der Waals surface area contributed by atoms with Gasteiger partial charge in [0.15, 0.2) is 6.61 Å². The van der Waals surface area contributed by atoms with Crippen molar-refractivity contribution >= 4 is 11.9 Å². The lowest BCUT2D eigenvalue weighted by atomic mass is 9.85. The van der Waals surface area contributed by atoms with Crippen molar-refractivity contribution < 1.29 is 19.4 Å².